The minimum Gasteiger partial charge on any atom is -0.370 e. The molecule has 1 aromatic carbocycles. The summed E-state index contributed by atoms with van der Waals surface area (Å²) in [7, 11) is 1.53. The monoisotopic (exact) mass is 248 g/mol. The molecule has 0 saturated carbocycles. The second kappa shape index (κ2) is 5.98. The lowest BCUT2D eigenvalue weighted by Gasteiger charge is -2.25. The Morgan fingerprint density at radius 3 is 2.83 bits per heavy atom. The largest absolute Gasteiger partial charge is 0.370 e. The quantitative estimate of drug-likeness (QED) is 0.866. The van der Waals surface area contributed by atoms with Crippen LogP contribution in [0.4, 0.5) is 0 Å². The zero-order chi connectivity index (χ0) is 13.0. The number of nitrogens with two attached hydrogens (primary N) is 1. The molecule has 0 aliphatic carbocycles. The molecular weight excluding hydrogens is 228 g/mol. The van der Waals surface area contributed by atoms with Crippen molar-refractivity contribution in [1.82, 2.24) is 4.90 Å². The highest BCUT2D eigenvalue weighted by atomic mass is 16.5. The molecule has 1 aliphatic rings. The third-order valence-corrected chi connectivity index (χ3v) is 3.44. The first-order valence-corrected chi connectivity index (χ1v) is 6.34. The van der Waals surface area contributed by atoms with Crippen LogP contribution in [0.25, 0.3) is 0 Å². The van der Waals surface area contributed by atoms with Gasteiger partial charge in [-0.1, -0.05) is 24.3 Å². The van der Waals surface area contributed by atoms with Gasteiger partial charge in [-0.15, -0.1) is 0 Å². The first-order valence-electron chi connectivity index (χ1n) is 6.34. The molecule has 0 saturated heterocycles. The molecular formula is C14H20N2O2. The Morgan fingerprint density at radius 1 is 1.44 bits per heavy atom. The van der Waals surface area contributed by atoms with Crippen molar-refractivity contribution in [2.45, 2.75) is 25.5 Å². The van der Waals surface area contributed by atoms with Crippen molar-refractivity contribution in [2.24, 2.45) is 5.73 Å². The number of hydrogen-bond donors (Lipinski definition) is 1. The van der Waals surface area contributed by atoms with Gasteiger partial charge in [0.2, 0.25) is 0 Å². The molecule has 0 fully saturated rings. The number of ether oxygens (including phenoxy) is 1. The zero-order valence-electron chi connectivity index (χ0n) is 10.8. The average Bonchev–Trinajstić information content (AvgIpc) is 2.62. The minimum atomic E-state index is -0.518. The van der Waals surface area contributed by atoms with Crippen molar-refractivity contribution >= 4 is 5.91 Å². The van der Waals surface area contributed by atoms with Crippen LogP contribution in [-0.2, 0) is 22.5 Å². The van der Waals surface area contributed by atoms with Crippen molar-refractivity contribution < 1.29 is 9.53 Å². The van der Waals surface area contributed by atoms with Crippen molar-refractivity contribution in [3.63, 3.8) is 0 Å². The summed E-state index contributed by atoms with van der Waals surface area (Å²) < 4.78 is 5.13. The number of amides is 1. The van der Waals surface area contributed by atoms with Gasteiger partial charge in [-0.3, -0.25) is 4.79 Å². The highest BCUT2D eigenvalue weighted by Gasteiger charge is 2.24. The second-order valence-electron chi connectivity index (χ2n) is 4.59. The average molecular weight is 248 g/mol. The van der Waals surface area contributed by atoms with Gasteiger partial charge in [0.15, 0.2) is 0 Å². The van der Waals surface area contributed by atoms with E-state index in [1.807, 2.05) is 17.0 Å². The number of carbonyl (C=O) groups excluding carboxylic acids is 1. The van der Waals surface area contributed by atoms with Gasteiger partial charge in [0.05, 0.1) is 0 Å². The third kappa shape index (κ3) is 2.71. The van der Waals surface area contributed by atoms with Gasteiger partial charge in [-0.25, -0.2) is 0 Å². The van der Waals surface area contributed by atoms with Crippen molar-refractivity contribution in [1.29, 1.82) is 0 Å². The summed E-state index contributed by atoms with van der Waals surface area (Å²) >= 11 is 0. The molecule has 18 heavy (non-hydrogen) atoms. The van der Waals surface area contributed by atoms with E-state index in [1.165, 1.54) is 18.2 Å². The summed E-state index contributed by atoms with van der Waals surface area (Å²) in [5.41, 5.74) is 8.13. The molecule has 1 heterocycles. The van der Waals surface area contributed by atoms with E-state index in [9.17, 15) is 4.79 Å². The second-order valence-corrected chi connectivity index (χ2v) is 4.59. The molecule has 1 atom stereocenters. The lowest BCUT2D eigenvalue weighted by molar-refractivity contribution is -0.142. The third-order valence-electron chi connectivity index (χ3n) is 3.44. The lowest BCUT2D eigenvalue weighted by atomic mass is 10.0. The van der Waals surface area contributed by atoms with Crippen LogP contribution in [0.15, 0.2) is 24.3 Å². The SMILES string of the molecule is COC(CN)C(=O)N1CCCc2ccccc2C1. The molecule has 4 heteroatoms. The Labute approximate surface area is 108 Å². The van der Waals surface area contributed by atoms with Gasteiger partial charge < -0.3 is 15.4 Å². The van der Waals surface area contributed by atoms with Crippen LogP contribution in [-0.4, -0.2) is 37.1 Å². The molecule has 0 spiro atoms. The normalized spacial score (nSPS) is 16.9. The van der Waals surface area contributed by atoms with Gasteiger partial charge in [0, 0.05) is 26.7 Å². The number of rotatable bonds is 3. The van der Waals surface area contributed by atoms with Crippen LogP contribution < -0.4 is 5.73 Å². The molecule has 2 rings (SSSR count). The fourth-order valence-electron chi connectivity index (χ4n) is 2.39. The van der Waals surface area contributed by atoms with Gasteiger partial charge in [-0.2, -0.15) is 0 Å². The van der Waals surface area contributed by atoms with E-state index < -0.39 is 6.10 Å². The first-order chi connectivity index (χ1) is 8.76. The van der Waals surface area contributed by atoms with Crippen molar-refractivity contribution in [2.75, 3.05) is 20.2 Å². The molecule has 98 valence electrons. The van der Waals surface area contributed by atoms with E-state index >= 15 is 0 Å². The van der Waals surface area contributed by atoms with E-state index in [4.69, 9.17) is 10.5 Å². The Kier molecular flexibility index (Phi) is 4.33. The van der Waals surface area contributed by atoms with Crippen LogP contribution >= 0.6 is 0 Å². The predicted octanol–water partition coefficient (Wildman–Crippen LogP) is 0.935. The summed E-state index contributed by atoms with van der Waals surface area (Å²) in [5.74, 6) is -0.00305. The van der Waals surface area contributed by atoms with E-state index in [0.717, 1.165) is 19.4 Å². The van der Waals surface area contributed by atoms with E-state index in [-0.39, 0.29) is 12.5 Å². The number of benzene rings is 1. The number of fused-ring (bicyclic) bond motifs is 1. The Bertz CT molecular complexity index is 416. The molecule has 0 aromatic heterocycles. The lowest BCUT2D eigenvalue weighted by Crippen LogP contribution is -2.43. The van der Waals surface area contributed by atoms with E-state index in [2.05, 4.69) is 12.1 Å². The highest BCUT2D eigenvalue weighted by Crippen LogP contribution is 2.19. The van der Waals surface area contributed by atoms with Gasteiger partial charge >= 0.3 is 0 Å². The number of nitrogens with zero attached hydrogens (tertiary/aromatic N) is 1. The number of aryl methyl sites for hydroxylation is 1. The maximum absolute atomic E-state index is 12.2. The van der Waals surface area contributed by atoms with Crippen LogP contribution in [0.2, 0.25) is 0 Å². The minimum absolute atomic E-state index is 0.00305. The predicted molar refractivity (Wildman–Crippen MR) is 70.0 cm³/mol. The highest BCUT2D eigenvalue weighted by molar-refractivity contribution is 5.81. The van der Waals surface area contributed by atoms with Gasteiger partial charge in [0.1, 0.15) is 6.10 Å². The van der Waals surface area contributed by atoms with Crippen LogP contribution in [0.1, 0.15) is 17.5 Å². The number of carbonyl (C=O) groups is 1. The zero-order valence-corrected chi connectivity index (χ0v) is 10.8. The maximum Gasteiger partial charge on any atom is 0.253 e. The Morgan fingerprint density at radius 2 is 2.17 bits per heavy atom. The summed E-state index contributed by atoms with van der Waals surface area (Å²) in [4.78, 5) is 14.1. The maximum atomic E-state index is 12.2. The summed E-state index contributed by atoms with van der Waals surface area (Å²) in [6, 6.07) is 8.29. The smallest absolute Gasteiger partial charge is 0.253 e. The molecule has 1 amide bonds. The van der Waals surface area contributed by atoms with E-state index in [0.29, 0.717) is 6.54 Å². The molecule has 1 aliphatic heterocycles. The molecule has 2 N–H and O–H groups in total. The first kappa shape index (κ1) is 13.1. The van der Waals surface area contributed by atoms with Crippen LogP contribution in [0.3, 0.4) is 0 Å². The van der Waals surface area contributed by atoms with Crippen molar-refractivity contribution in [3.8, 4) is 0 Å². The Hall–Kier alpha value is -1.39. The molecule has 4 nitrogen and oxygen atoms in total. The van der Waals surface area contributed by atoms with Crippen molar-refractivity contribution in [3.05, 3.63) is 35.4 Å². The fraction of sp³-hybridized carbons (Fsp3) is 0.500. The summed E-state index contributed by atoms with van der Waals surface area (Å²) in [5, 5.41) is 0. The number of methoxy groups -OCH3 is 1. The fourth-order valence-corrected chi connectivity index (χ4v) is 2.39. The van der Waals surface area contributed by atoms with Gasteiger partial charge in [0.25, 0.3) is 5.91 Å². The topological polar surface area (TPSA) is 55.6 Å². The molecule has 0 radical (unpaired) electrons. The van der Waals surface area contributed by atoms with Crippen LogP contribution in [0, 0.1) is 0 Å². The number of hydrogen-bond acceptors (Lipinski definition) is 3. The molecule has 1 aromatic rings. The van der Waals surface area contributed by atoms with Gasteiger partial charge in [-0.05, 0) is 24.0 Å². The Balaban J connectivity index is 2.14. The van der Waals surface area contributed by atoms with Crippen LogP contribution in [0.5, 0.6) is 0 Å². The summed E-state index contributed by atoms with van der Waals surface area (Å²) in [6.45, 7) is 1.66. The molecule has 1 unspecified atom stereocenters. The van der Waals surface area contributed by atoms with E-state index in [1.54, 1.807) is 0 Å². The molecule has 0 bridgehead atoms. The standard InChI is InChI=1S/C14H20N2O2/c1-18-13(9-15)14(17)16-8-4-7-11-5-2-3-6-12(11)10-16/h2-3,5-6,13H,4,7-10,15H2,1H3. The summed E-state index contributed by atoms with van der Waals surface area (Å²) in [6.07, 6.45) is 1.50.